The molecule has 0 unspecified atom stereocenters. The van der Waals surface area contributed by atoms with E-state index in [0.29, 0.717) is 46.3 Å². The van der Waals surface area contributed by atoms with Gasteiger partial charge in [0.15, 0.2) is 5.76 Å². The number of hydrazone groups is 1. The van der Waals surface area contributed by atoms with E-state index in [-0.39, 0.29) is 11.7 Å². The lowest BCUT2D eigenvalue weighted by Gasteiger charge is -2.13. The van der Waals surface area contributed by atoms with E-state index in [1.807, 2.05) is 26.0 Å². The van der Waals surface area contributed by atoms with Gasteiger partial charge in [-0.05, 0) is 51.0 Å². The van der Waals surface area contributed by atoms with Gasteiger partial charge in [0, 0.05) is 29.3 Å². The molecule has 2 amide bonds. The molecule has 0 fully saturated rings. The van der Waals surface area contributed by atoms with Crippen LogP contribution in [-0.4, -0.2) is 22.5 Å². The van der Waals surface area contributed by atoms with Gasteiger partial charge in [0.05, 0.1) is 10.7 Å². The van der Waals surface area contributed by atoms with Gasteiger partial charge in [-0.25, -0.2) is 10.4 Å². The van der Waals surface area contributed by atoms with Crippen LogP contribution in [0, 0.1) is 13.8 Å². The van der Waals surface area contributed by atoms with Crippen LogP contribution in [0.3, 0.4) is 0 Å². The van der Waals surface area contributed by atoms with Crippen LogP contribution in [0.4, 0.5) is 5.82 Å². The number of rotatable bonds is 4. The summed E-state index contributed by atoms with van der Waals surface area (Å²) in [6, 6.07) is 10.6. The standard InChI is InChI=1S/C23H21ClN4O3/c1-13-5-3-6-15(11-13)22(29)28-27-17-7-4-8-18-20(17)14(2)21(31-18)23(30)26-19-10-9-16(24)12-25-19/h3,5-6,9-12H,4,7-8H2,1-2H3,(H,28,29)(H,25,26,30)/b27-17+. The fourth-order valence-electron chi connectivity index (χ4n) is 3.59. The Labute approximate surface area is 184 Å². The van der Waals surface area contributed by atoms with Gasteiger partial charge in [0.2, 0.25) is 0 Å². The van der Waals surface area contributed by atoms with Crippen molar-refractivity contribution in [3.8, 4) is 0 Å². The summed E-state index contributed by atoms with van der Waals surface area (Å²) in [5, 5.41) is 7.55. The molecule has 1 aliphatic carbocycles. The Morgan fingerprint density at radius 3 is 2.71 bits per heavy atom. The monoisotopic (exact) mass is 436 g/mol. The molecule has 3 aromatic rings. The second-order valence-corrected chi connectivity index (χ2v) is 7.83. The maximum atomic E-state index is 12.7. The first-order chi connectivity index (χ1) is 14.9. The molecule has 2 N–H and O–H groups in total. The maximum Gasteiger partial charge on any atom is 0.292 e. The lowest BCUT2D eigenvalue weighted by molar-refractivity contribution is 0.0953. The largest absolute Gasteiger partial charge is 0.455 e. The fraction of sp³-hybridized carbons (Fsp3) is 0.217. The maximum absolute atomic E-state index is 12.7. The number of hydrogen-bond acceptors (Lipinski definition) is 5. The van der Waals surface area contributed by atoms with Gasteiger partial charge < -0.3 is 9.73 Å². The number of halogens is 1. The zero-order chi connectivity index (χ0) is 22.0. The summed E-state index contributed by atoms with van der Waals surface area (Å²) in [7, 11) is 0. The molecule has 0 atom stereocenters. The Morgan fingerprint density at radius 2 is 1.97 bits per heavy atom. The quantitative estimate of drug-likeness (QED) is 0.581. The number of aryl methyl sites for hydroxylation is 2. The van der Waals surface area contributed by atoms with Crippen molar-refractivity contribution in [3.05, 3.63) is 81.4 Å². The minimum Gasteiger partial charge on any atom is -0.455 e. The van der Waals surface area contributed by atoms with Gasteiger partial charge in [0.1, 0.15) is 11.6 Å². The predicted octanol–water partition coefficient (Wildman–Crippen LogP) is 4.67. The third kappa shape index (κ3) is 4.51. The van der Waals surface area contributed by atoms with E-state index in [1.165, 1.54) is 6.20 Å². The molecule has 31 heavy (non-hydrogen) atoms. The van der Waals surface area contributed by atoms with Crippen molar-refractivity contribution in [3.63, 3.8) is 0 Å². The lowest BCUT2D eigenvalue weighted by Crippen LogP contribution is -2.22. The number of aromatic nitrogens is 1. The van der Waals surface area contributed by atoms with Gasteiger partial charge in [0.25, 0.3) is 11.8 Å². The molecular formula is C23H21ClN4O3. The smallest absolute Gasteiger partial charge is 0.292 e. The Kier molecular flexibility index (Phi) is 5.86. The van der Waals surface area contributed by atoms with Crippen molar-refractivity contribution in [2.45, 2.75) is 33.1 Å². The molecular weight excluding hydrogens is 416 g/mol. The van der Waals surface area contributed by atoms with Gasteiger partial charge in [-0.2, -0.15) is 5.10 Å². The van der Waals surface area contributed by atoms with Crippen LogP contribution < -0.4 is 10.7 Å². The number of amides is 2. The van der Waals surface area contributed by atoms with Crippen LogP contribution in [0.25, 0.3) is 0 Å². The molecule has 2 aromatic heterocycles. The van der Waals surface area contributed by atoms with Crippen molar-refractivity contribution in [1.82, 2.24) is 10.4 Å². The van der Waals surface area contributed by atoms with Gasteiger partial charge >= 0.3 is 0 Å². The molecule has 1 aromatic carbocycles. The molecule has 0 spiro atoms. The van der Waals surface area contributed by atoms with Crippen LogP contribution in [0.15, 0.2) is 52.1 Å². The Morgan fingerprint density at radius 1 is 1.13 bits per heavy atom. The predicted molar refractivity (Wildman–Crippen MR) is 119 cm³/mol. The normalized spacial score (nSPS) is 14.2. The number of nitrogens with one attached hydrogen (secondary N) is 2. The van der Waals surface area contributed by atoms with Crippen molar-refractivity contribution in [1.29, 1.82) is 0 Å². The van der Waals surface area contributed by atoms with E-state index in [0.717, 1.165) is 17.5 Å². The van der Waals surface area contributed by atoms with E-state index in [4.69, 9.17) is 16.0 Å². The molecule has 0 bridgehead atoms. The van der Waals surface area contributed by atoms with Gasteiger partial charge in [-0.1, -0.05) is 29.3 Å². The van der Waals surface area contributed by atoms with Crippen LogP contribution in [0.5, 0.6) is 0 Å². The highest BCUT2D eigenvalue weighted by atomic mass is 35.5. The molecule has 7 nitrogen and oxygen atoms in total. The van der Waals surface area contributed by atoms with E-state index in [1.54, 1.807) is 24.3 Å². The zero-order valence-electron chi connectivity index (χ0n) is 17.2. The minimum atomic E-state index is -0.398. The summed E-state index contributed by atoms with van der Waals surface area (Å²) >= 11 is 5.84. The lowest BCUT2D eigenvalue weighted by atomic mass is 9.93. The van der Waals surface area contributed by atoms with Crippen LogP contribution in [0.2, 0.25) is 5.02 Å². The number of carbonyl (C=O) groups is 2. The number of nitrogens with zero attached hydrogens (tertiary/aromatic N) is 2. The molecule has 0 aliphatic heterocycles. The third-order valence-electron chi connectivity index (χ3n) is 5.07. The molecule has 0 radical (unpaired) electrons. The van der Waals surface area contributed by atoms with Crippen molar-refractivity contribution >= 4 is 34.9 Å². The van der Waals surface area contributed by atoms with E-state index < -0.39 is 5.91 Å². The minimum absolute atomic E-state index is 0.210. The first-order valence-electron chi connectivity index (χ1n) is 9.91. The molecule has 2 heterocycles. The van der Waals surface area contributed by atoms with E-state index in [2.05, 4.69) is 20.8 Å². The Balaban J connectivity index is 1.56. The summed E-state index contributed by atoms with van der Waals surface area (Å²) in [6.45, 7) is 3.74. The summed E-state index contributed by atoms with van der Waals surface area (Å²) in [5.74, 6) is 0.603. The second kappa shape index (κ2) is 8.73. The number of anilines is 1. The number of benzene rings is 1. The summed E-state index contributed by atoms with van der Waals surface area (Å²) < 4.78 is 5.87. The molecule has 8 heteroatoms. The Hall–Kier alpha value is -3.45. The summed E-state index contributed by atoms with van der Waals surface area (Å²) in [6.07, 6.45) is 3.66. The molecule has 4 rings (SSSR count). The van der Waals surface area contributed by atoms with E-state index in [9.17, 15) is 9.59 Å². The Bertz CT molecular complexity index is 1180. The van der Waals surface area contributed by atoms with Crippen LogP contribution >= 0.6 is 11.6 Å². The number of hydrogen-bond donors (Lipinski definition) is 2. The summed E-state index contributed by atoms with van der Waals surface area (Å²) in [5.41, 5.74) is 6.34. The van der Waals surface area contributed by atoms with Crippen LogP contribution in [0.1, 0.15) is 56.2 Å². The van der Waals surface area contributed by atoms with Gasteiger partial charge in [-0.3, -0.25) is 9.59 Å². The molecule has 158 valence electrons. The SMILES string of the molecule is Cc1cccc(C(=O)N/N=C2\CCCc3oc(C(=O)Nc4ccc(Cl)cn4)c(C)c32)c1. The van der Waals surface area contributed by atoms with E-state index >= 15 is 0 Å². The molecule has 1 aliphatic rings. The average molecular weight is 437 g/mol. The summed E-state index contributed by atoms with van der Waals surface area (Å²) in [4.78, 5) is 29.3. The molecule has 0 saturated carbocycles. The number of fused-ring (bicyclic) bond motifs is 1. The van der Waals surface area contributed by atoms with Crippen molar-refractivity contribution in [2.75, 3.05) is 5.32 Å². The van der Waals surface area contributed by atoms with Gasteiger partial charge in [-0.15, -0.1) is 0 Å². The van der Waals surface area contributed by atoms with Crippen molar-refractivity contribution in [2.24, 2.45) is 5.10 Å². The second-order valence-electron chi connectivity index (χ2n) is 7.39. The van der Waals surface area contributed by atoms with Crippen molar-refractivity contribution < 1.29 is 14.0 Å². The highest BCUT2D eigenvalue weighted by molar-refractivity contribution is 6.30. The highest BCUT2D eigenvalue weighted by Gasteiger charge is 2.28. The molecule has 0 saturated heterocycles. The third-order valence-corrected chi connectivity index (χ3v) is 5.30. The number of furan rings is 1. The first kappa shape index (κ1) is 20.8. The fourth-order valence-corrected chi connectivity index (χ4v) is 3.70. The number of pyridine rings is 1. The highest BCUT2D eigenvalue weighted by Crippen LogP contribution is 2.30. The van der Waals surface area contributed by atoms with Crippen LogP contribution in [-0.2, 0) is 6.42 Å². The average Bonchev–Trinajstić information content (AvgIpc) is 3.11. The zero-order valence-corrected chi connectivity index (χ0v) is 17.9. The topological polar surface area (TPSA) is 96.6 Å². The number of carbonyl (C=O) groups excluding carboxylic acids is 2. The first-order valence-corrected chi connectivity index (χ1v) is 10.3.